The molecule has 18 heavy (non-hydrogen) atoms. The van der Waals surface area contributed by atoms with Crippen LogP contribution in [0.1, 0.15) is 17.7 Å². The molecule has 0 saturated carbocycles. The van der Waals surface area contributed by atoms with Crippen molar-refractivity contribution in [1.29, 1.82) is 0 Å². The van der Waals surface area contributed by atoms with Crippen LogP contribution >= 0.6 is 0 Å². The maximum absolute atomic E-state index is 12.6. The highest BCUT2D eigenvalue weighted by Gasteiger charge is 2.29. The molecule has 0 bridgehead atoms. The van der Waals surface area contributed by atoms with E-state index in [2.05, 4.69) is 9.72 Å². The molecule has 0 unspecified atom stereocenters. The molecule has 98 valence electrons. The van der Waals surface area contributed by atoms with Crippen molar-refractivity contribution < 1.29 is 23.2 Å². The number of anilines is 1. The van der Waals surface area contributed by atoms with Gasteiger partial charge < -0.3 is 10.5 Å². The van der Waals surface area contributed by atoms with Crippen molar-refractivity contribution in [2.24, 2.45) is 0 Å². The number of halogens is 2. The van der Waals surface area contributed by atoms with Crippen LogP contribution in [-0.4, -0.2) is 23.0 Å². The van der Waals surface area contributed by atoms with Crippen LogP contribution < -0.4 is 5.73 Å². The maximum atomic E-state index is 12.6. The lowest BCUT2D eigenvalue weighted by atomic mass is 10.1. The number of hydrogen-bond donors (Lipinski definition) is 1. The molecule has 0 aliphatic carbocycles. The van der Waals surface area contributed by atoms with E-state index >= 15 is 0 Å². The number of pyridine rings is 1. The monoisotopic (exact) mass is 261 g/mol. The van der Waals surface area contributed by atoms with Crippen LogP contribution in [0.2, 0.25) is 0 Å². The highest BCUT2D eigenvalue weighted by Crippen LogP contribution is 2.32. The first kappa shape index (κ1) is 13.7. The molecule has 0 fully saturated rings. The van der Waals surface area contributed by atoms with Gasteiger partial charge in [0.1, 0.15) is 5.82 Å². The average molecular weight is 261 g/mol. The molecule has 0 radical (unpaired) electrons. The number of rotatable bonds is 4. The summed E-state index contributed by atoms with van der Waals surface area (Å²) in [6.07, 6.45) is -3.69. The Bertz CT molecular complexity index is 493. The molecule has 1 heterocycles. The van der Waals surface area contributed by atoms with Crippen LogP contribution in [0.15, 0.2) is 6.07 Å². The SMILES string of the molecule is COC(=O)Cc1cc(N)nc(C(F)F)c1[N+](=O)[O-]. The van der Waals surface area contributed by atoms with E-state index in [9.17, 15) is 23.7 Å². The number of alkyl halides is 2. The summed E-state index contributed by atoms with van der Waals surface area (Å²) in [6.45, 7) is 0. The number of ether oxygens (including phenoxy) is 1. The minimum absolute atomic E-state index is 0.255. The summed E-state index contributed by atoms with van der Waals surface area (Å²) in [7, 11) is 1.08. The van der Waals surface area contributed by atoms with Gasteiger partial charge in [0.25, 0.3) is 6.43 Å². The number of methoxy groups -OCH3 is 1. The molecule has 7 nitrogen and oxygen atoms in total. The van der Waals surface area contributed by atoms with Crippen LogP contribution in [0.4, 0.5) is 20.3 Å². The molecule has 1 aromatic rings. The van der Waals surface area contributed by atoms with Crippen LogP contribution in [0.25, 0.3) is 0 Å². The molecule has 1 rings (SSSR count). The summed E-state index contributed by atoms with van der Waals surface area (Å²) in [4.78, 5) is 24.0. The number of aromatic nitrogens is 1. The van der Waals surface area contributed by atoms with Gasteiger partial charge in [-0.25, -0.2) is 13.8 Å². The van der Waals surface area contributed by atoms with Crippen LogP contribution in [0.3, 0.4) is 0 Å². The van der Waals surface area contributed by atoms with Gasteiger partial charge in [-0.05, 0) is 6.07 Å². The molecule has 0 spiro atoms. The average Bonchev–Trinajstić information content (AvgIpc) is 2.27. The number of hydrogen-bond acceptors (Lipinski definition) is 6. The van der Waals surface area contributed by atoms with Crippen LogP contribution in [0, 0.1) is 10.1 Å². The van der Waals surface area contributed by atoms with E-state index in [1.54, 1.807) is 0 Å². The molecule has 0 aliphatic rings. The van der Waals surface area contributed by atoms with Crippen LogP contribution in [-0.2, 0) is 16.0 Å². The Morgan fingerprint density at radius 3 is 2.72 bits per heavy atom. The molecule has 0 aliphatic heterocycles. The Morgan fingerprint density at radius 2 is 2.28 bits per heavy atom. The highest BCUT2D eigenvalue weighted by molar-refractivity contribution is 5.75. The number of nitrogens with zero attached hydrogens (tertiary/aromatic N) is 2. The molecule has 0 aromatic carbocycles. The van der Waals surface area contributed by atoms with Gasteiger partial charge in [0.05, 0.1) is 18.5 Å². The van der Waals surface area contributed by atoms with Crippen molar-refractivity contribution in [2.75, 3.05) is 12.8 Å². The quantitative estimate of drug-likeness (QED) is 0.496. The molecule has 9 heteroatoms. The first-order valence-corrected chi connectivity index (χ1v) is 4.65. The third kappa shape index (κ3) is 2.87. The van der Waals surface area contributed by atoms with E-state index in [1.807, 2.05) is 0 Å². The maximum Gasteiger partial charge on any atom is 0.310 e. The Hall–Kier alpha value is -2.32. The number of carbonyl (C=O) groups excluding carboxylic acids is 1. The Morgan fingerprint density at radius 1 is 1.67 bits per heavy atom. The Balaban J connectivity index is 3.38. The Kier molecular flexibility index (Phi) is 4.08. The van der Waals surface area contributed by atoms with E-state index in [4.69, 9.17) is 5.73 Å². The fraction of sp³-hybridized carbons (Fsp3) is 0.333. The molecule has 1 aromatic heterocycles. The van der Waals surface area contributed by atoms with Crippen molar-refractivity contribution in [2.45, 2.75) is 12.8 Å². The van der Waals surface area contributed by atoms with Gasteiger partial charge in [-0.3, -0.25) is 14.9 Å². The molecule has 2 N–H and O–H groups in total. The van der Waals surface area contributed by atoms with E-state index < -0.39 is 35.1 Å². The van der Waals surface area contributed by atoms with Gasteiger partial charge in [-0.15, -0.1) is 0 Å². The van der Waals surface area contributed by atoms with Crippen LogP contribution in [0.5, 0.6) is 0 Å². The second-order valence-electron chi connectivity index (χ2n) is 3.25. The predicted molar refractivity (Wildman–Crippen MR) is 56.0 cm³/mol. The lowest BCUT2D eigenvalue weighted by Crippen LogP contribution is -2.11. The fourth-order valence-corrected chi connectivity index (χ4v) is 1.36. The van der Waals surface area contributed by atoms with Gasteiger partial charge in [0.2, 0.25) is 0 Å². The molecule has 0 atom stereocenters. The molecule has 0 saturated heterocycles. The number of esters is 1. The van der Waals surface area contributed by atoms with E-state index in [1.165, 1.54) is 0 Å². The fourth-order valence-electron chi connectivity index (χ4n) is 1.36. The predicted octanol–water partition coefficient (Wildman–Crippen LogP) is 1.23. The molecular weight excluding hydrogens is 252 g/mol. The van der Waals surface area contributed by atoms with Gasteiger partial charge in [0, 0.05) is 5.56 Å². The van der Waals surface area contributed by atoms with Gasteiger partial charge in [0.15, 0.2) is 5.69 Å². The largest absolute Gasteiger partial charge is 0.469 e. The van der Waals surface area contributed by atoms with Gasteiger partial charge >= 0.3 is 11.7 Å². The third-order valence-corrected chi connectivity index (χ3v) is 2.07. The van der Waals surface area contributed by atoms with E-state index in [0.717, 1.165) is 13.2 Å². The number of nitrogens with two attached hydrogens (primary N) is 1. The zero-order chi connectivity index (χ0) is 13.9. The summed E-state index contributed by atoms with van der Waals surface area (Å²) < 4.78 is 29.6. The van der Waals surface area contributed by atoms with E-state index in [-0.39, 0.29) is 11.4 Å². The zero-order valence-electron chi connectivity index (χ0n) is 9.22. The van der Waals surface area contributed by atoms with Gasteiger partial charge in [-0.1, -0.05) is 0 Å². The Labute approximate surface area is 99.7 Å². The number of carbonyl (C=O) groups is 1. The smallest absolute Gasteiger partial charge is 0.310 e. The lowest BCUT2D eigenvalue weighted by molar-refractivity contribution is -0.387. The minimum Gasteiger partial charge on any atom is -0.469 e. The summed E-state index contributed by atoms with van der Waals surface area (Å²) in [5, 5.41) is 10.8. The number of nitrogen functional groups attached to an aromatic ring is 1. The number of nitro groups is 1. The summed E-state index contributed by atoms with van der Waals surface area (Å²) in [6, 6.07) is 1.00. The summed E-state index contributed by atoms with van der Waals surface area (Å²) in [5.74, 6) is -1.13. The normalized spacial score (nSPS) is 10.4. The second kappa shape index (κ2) is 5.34. The van der Waals surface area contributed by atoms with Crippen molar-refractivity contribution in [1.82, 2.24) is 4.98 Å². The summed E-state index contributed by atoms with van der Waals surface area (Å²) >= 11 is 0. The van der Waals surface area contributed by atoms with Crippen molar-refractivity contribution >= 4 is 17.5 Å². The topological polar surface area (TPSA) is 108 Å². The van der Waals surface area contributed by atoms with Crippen molar-refractivity contribution in [3.05, 3.63) is 27.4 Å². The van der Waals surface area contributed by atoms with Crippen molar-refractivity contribution in [3.63, 3.8) is 0 Å². The second-order valence-corrected chi connectivity index (χ2v) is 3.25. The lowest BCUT2D eigenvalue weighted by Gasteiger charge is -2.07. The van der Waals surface area contributed by atoms with Crippen molar-refractivity contribution in [3.8, 4) is 0 Å². The van der Waals surface area contributed by atoms with E-state index in [0.29, 0.717) is 0 Å². The third-order valence-electron chi connectivity index (χ3n) is 2.07. The minimum atomic E-state index is -3.16. The summed E-state index contributed by atoms with van der Waals surface area (Å²) in [5.41, 5.74) is 3.04. The molecule has 0 amide bonds. The molecular formula is C9H9F2N3O4. The highest BCUT2D eigenvalue weighted by atomic mass is 19.3. The zero-order valence-corrected chi connectivity index (χ0v) is 9.22. The van der Waals surface area contributed by atoms with Gasteiger partial charge in [-0.2, -0.15) is 0 Å². The first-order valence-electron chi connectivity index (χ1n) is 4.65. The standard InChI is InChI=1S/C9H9F2N3O4/c1-18-6(15)3-4-2-5(12)13-7(9(10)11)8(4)14(16)17/h2,9H,3H2,1H3,(H2,12,13). The first-order chi connectivity index (χ1) is 8.36.